The van der Waals surface area contributed by atoms with Crippen LogP contribution < -0.4 is 15.0 Å². The molecule has 22 heavy (non-hydrogen) atoms. The first-order chi connectivity index (χ1) is 10.7. The number of rotatable bonds is 4. The standard InChI is InChI=1S/C17H16N2O3/c1-21-15-9-5-6-11(16(15)22-2)10-14-12-7-3-4-8-13(12)17(20)19-18-14/h3-9H,10H2,1-2H3,(H,19,20). The Balaban J connectivity index is 2.12. The van der Waals surface area contributed by atoms with Crippen molar-refractivity contribution in [3.63, 3.8) is 0 Å². The second-order valence-electron chi connectivity index (χ2n) is 4.87. The van der Waals surface area contributed by atoms with E-state index >= 15 is 0 Å². The van der Waals surface area contributed by atoms with Crippen molar-refractivity contribution in [1.82, 2.24) is 10.2 Å². The number of hydrogen-bond donors (Lipinski definition) is 1. The second-order valence-corrected chi connectivity index (χ2v) is 4.87. The third-order valence-corrected chi connectivity index (χ3v) is 3.62. The van der Waals surface area contributed by atoms with E-state index in [1.807, 2.05) is 36.4 Å². The first-order valence-electron chi connectivity index (χ1n) is 6.90. The highest BCUT2D eigenvalue weighted by atomic mass is 16.5. The Morgan fingerprint density at radius 3 is 2.50 bits per heavy atom. The molecule has 3 rings (SSSR count). The van der Waals surface area contributed by atoms with Gasteiger partial charge in [-0.1, -0.05) is 30.3 Å². The van der Waals surface area contributed by atoms with Gasteiger partial charge in [-0.15, -0.1) is 0 Å². The molecule has 112 valence electrons. The van der Waals surface area contributed by atoms with Gasteiger partial charge in [-0.25, -0.2) is 5.10 Å². The summed E-state index contributed by atoms with van der Waals surface area (Å²) in [5.41, 5.74) is 1.56. The number of aromatic amines is 1. The Labute approximate surface area is 127 Å². The molecule has 2 aromatic carbocycles. The van der Waals surface area contributed by atoms with E-state index in [9.17, 15) is 4.79 Å². The summed E-state index contributed by atoms with van der Waals surface area (Å²) in [7, 11) is 3.22. The van der Waals surface area contributed by atoms with E-state index in [2.05, 4.69) is 10.2 Å². The number of nitrogens with zero attached hydrogens (tertiary/aromatic N) is 1. The zero-order valence-electron chi connectivity index (χ0n) is 12.4. The number of hydrogen-bond acceptors (Lipinski definition) is 4. The summed E-state index contributed by atoms with van der Waals surface area (Å²) in [4.78, 5) is 11.8. The smallest absolute Gasteiger partial charge is 0.272 e. The summed E-state index contributed by atoms with van der Waals surface area (Å²) >= 11 is 0. The summed E-state index contributed by atoms with van der Waals surface area (Å²) < 4.78 is 10.8. The lowest BCUT2D eigenvalue weighted by Gasteiger charge is -2.12. The number of nitrogens with one attached hydrogen (secondary N) is 1. The summed E-state index contributed by atoms with van der Waals surface area (Å²) in [6.45, 7) is 0. The predicted octanol–water partition coefficient (Wildman–Crippen LogP) is 2.53. The highest BCUT2D eigenvalue weighted by molar-refractivity contribution is 5.83. The molecule has 1 N–H and O–H groups in total. The van der Waals surface area contributed by atoms with Crippen LogP contribution in [0.25, 0.3) is 10.8 Å². The topological polar surface area (TPSA) is 64.2 Å². The van der Waals surface area contributed by atoms with Crippen LogP contribution in [-0.2, 0) is 6.42 Å². The van der Waals surface area contributed by atoms with Gasteiger partial charge in [0.2, 0.25) is 0 Å². The third-order valence-electron chi connectivity index (χ3n) is 3.62. The summed E-state index contributed by atoms with van der Waals surface area (Å²) in [5, 5.41) is 8.23. The van der Waals surface area contributed by atoms with Gasteiger partial charge in [-0.3, -0.25) is 4.79 Å². The maximum Gasteiger partial charge on any atom is 0.272 e. The van der Waals surface area contributed by atoms with Crippen molar-refractivity contribution in [3.05, 3.63) is 64.1 Å². The largest absolute Gasteiger partial charge is 0.493 e. The van der Waals surface area contributed by atoms with Crippen molar-refractivity contribution in [2.24, 2.45) is 0 Å². The predicted molar refractivity (Wildman–Crippen MR) is 84.7 cm³/mol. The molecule has 0 bridgehead atoms. The molecule has 0 unspecified atom stereocenters. The van der Waals surface area contributed by atoms with E-state index < -0.39 is 0 Å². The van der Waals surface area contributed by atoms with E-state index in [0.29, 0.717) is 23.3 Å². The first kappa shape index (κ1) is 14.1. The van der Waals surface area contributed by atoms with Gasteiger partial charge in [0, 0.05) is 17.4 Å². The number of benzene rings is 2. The van der Waals surface area contributed by atoms with Crippen LogP contribution in [-0.4, -0.2) is 24.4 Å². The van der Waals surface area contributed by atoms with Crippen molar-refractivity contribution < 1.29 is 9.47 Å². The van der Waals surface area contributed by atoms with Gasteiger partial charge in [0.05, 0.1) is 25.3 Å². The average Bonchev–Trinajstić information content (AvgIpc) is 2.57. The van der Waals surface area contributed by atoms with Crippen molar-refractivity contribution in [1.29, 1.82) is 0 Å². The van der Waals surface area contributed by atoms with Gasteiger partial charge in [-0.2, -0.15) is 5.10 Å². The van der Waals surface area contributed by atoms with Crippen molar-refractivity contribution in [2.75, 3.05) is 14.2 Å². The molecule has 0 radical (unpaired) electrons. The lowest BCUT2D eigenvalue weighted by Crippen LogP contribution is -2.11. The maximum atomic E-state index is 11.8. The lowest BCUT2D eigenvalue weighted by molar-refractivity contribution is 0.352. The van der Waals surface area contributed by atoms with Gasteiger partial charge < -0.3 is 9.47 Å². The van der Waals surface area contributed by atoms with E-state index in [0.717, 1.165) is 16.6 Å². The number of fused-ring (bicyclic) bond motifs is 1. The normalized spacial score (nSPS) is 10.6. The van der Waals surface area contributed by atoms with E-state index in [-0.39, 0.29) is 5.56 Å². The Hall–Kier alpha value is -2.82. The van der Waals surface area contributed by atoms with Crippen LogP contribution in [0.4, 0.5) is 0 Å². The minimum absolute atomic E-state index is 0.183. The van der Waals surface area contributed by atoms with Crippen LogP contribution in [0.2, 0.25) is 0 Å². The molecular weight excluding hydrogens is 280 g/mol. The van der Waals surface area contributed by atoms with Crippen molar-refractivity contribution in [3.8, 4) is 11.5 Å². The Morgan fingerprint density at radius 2 is 1.77 bits per heavy atom. The Bertz CT molecular complexity index is 871. The number of aromatic nitrogens is 2. The molecule has 0 fully saturated rings. The van der Waals surface area contributed by atoms with Crippen LogP contribution in [0.1, 0.15) is 11.3 Å². The fourth-order valence-electron chi connectivity index (χ4n) is 2.58. The fourth-order valence-corrected chi connectivity index (χ4v) is 2.58. The van der Waals surface area contributed by atoms with E-state index in [4.69, 9.17) is 9.47 Å². The monoisotopic (exact) mass is 296 g/mol. The molecule has 0 saturated carbocycles. The molecule has 1 aromatic heterocycles. The van der Waals surface area contributed by atoms with E-state index in [1.165, 1.54) is 0 Å². The molecule has 0 aliphatic heterocycles. The first-order valence-corrected chi connectivity index (χ1v) is 6.90. The van der Waals surface area contributed by atoms with Crippen molar-refractivity contribution in [2.45, 2.75) is 6.42 Å². The average molecular weight is 296 g/mol. The summed E-state index contributed by atoms with van der Waals surface area (Å²) in [6.07, 6.45) is 0.539. The third kappa shape index (κ3) is 2.41. The zero-order valence-corrected chi connectivity index (χ0v) is 12.4. The van der Waals surface area contributed by atoms with Gasteiger partial charge in [0.1, 0.15) is 0 Å². The van der Waals surface area contributed by atoms with Crippen LogP contribution >= 0.6 is 0 Å². The quantitative estimate of drug-likeness (QED) is 0.803. The zero-order chi connectivity index (χ0) is 15.5. The molecule has 5 nitrogen and oxygen atoms in total. The number of methoxy groups -OCH3 is 2. The molecule has 0 spiro atoms. The van der Waals surface area contributed by atoms with Crippen LogP contribution in [0, 0.1) is 0 Å². The lowest BCUT2D eigenvalue weighted by atomic mass is 10.0. The minimum Gasteiger partial charge on any atom is -0.493 e. The fraction of sp³-hybridized carbons (Fsp3) is 0.176. The van der Waals surface area contributed by atoms with Gasteiger partial charge in [0.25, 0.3) is 5.56 Å². The summed E-state index contributed by atoms with van der Waals surface area (Å²) in [5.74, 6) is 1.36. The minimum atomic E-state index is -0.183. The number of ether oxygens (including phenoxy) is 2. The molecule has 0 aliphatic carbocycles. The van der Waals surface area contributed by atoms with Crippen molar-refractivity contribution >= 4 is 10.8 Å². The highest BCUT2D eigenvalue weighted by Gasteiger charge is 2.13. The van der Waals surface area contributed by atoms with E-state index in [1.54, 1.807) is 20.3 Å². The van der Waals surface area contributed by atoms with Crippen LogP contribution in [0.3, 0.4) is 0 Å². The molecule has 0 aliphatic rings. The summed E-state index contributed by atoms with van der Waals surface area (Å²) in [6, 6.07) is 13.2. The molecule has 3 aromatic rings. The molecule has 0 saturated heterocycles. The molecule has 5 heteroatoms. The van der Waals surface area contributed by atoms with Crippen LogP contribution in [0.15, 0.2) is 47.3 Å². The van der Waals surface area contributed by atoms with Gasteiger partial charge in [-0.05, 0) is 12.1 Å². The van der Waals surface area contributed by atoms with Gasteiger partial charge in [0.15, 0.2) is 11.5 Å². The SMILES string of the molecule is COc1cccc(Cc2n[nH]c(=O)c3ccccc23)c1OC. The number of para-hydroxylation sites is 1. The molecule has 0 atom stereocenters. The molecule has 0 amide bonds. The second kappa shape index (κ2) is 5.89. The highest BCUT2D eigenvalue weighted by Crippen LogP contribution is 2.32. The molecule has 1 heterocycles. The number of H-pyrrole nitrogens is 1. The van der Waals surface area contributed by atoms with Crippen LogP contribution in [0.5, 0.6) is 11.5 Å². The Kier molecular flexibility index (Phi) is 3.78. The van der Waals surface area contributed by atoms with Gasteiger partial charge >= 0.3 is 0 Å². The molecular formula is C17H16N2O3. The maximum absolute atomic E-state index is 11.8. The Morgan fingerprint density at radius 1 is 1.00 bits per heavy atom.